The number of nitro groups is 2. The number of phenolic OH excluding ortho intramolecular Hbond substituents is 1. The van der Waals surface area contributed by atoms with Gasteiger partial charge >= 0.3 is 6.18 Å². The Balaban J connectivity index is 2.40. The van der Waals surface area contributed by atoms with Crippen LogP contribution in [0.5, 0.6) is 5.75 Å². The SMILES string of the molecule is O=C(Nc1ccc([N+](=O)[O-])c(C(F)(F)F)c1)c1cc([N+](=O)[O-])ccc1O. The molecule has 136 valence electrons. The number of nitro benzene ring substituents is 2. The Labute approximate surface area is 142 Å². The maximum absolute atomic E-state index is 12.9. The summed E-state index contributed by atoms with van der Waals surface area (Å²) >= 11 is 0. The number of hydrogen-bond donors (Lipinski definition) is 2. The van der Waals surface area contributed by atoms with Gasteiger partial charge in [0.05, 0.1) is 15.4 Å². The number of amides is 1. The van der Waals surface area contributed by atoms with Gasteiger partial charge in [0.25, 0.3) is 17.3 Å². The molecule has 2 aromatic carbocycles. The summed E-state index contributed by atoms with van der Waals surface area (Å²) in [4.78, 5) is 31.4. The van der Waals surface area contributed by atoms with Crippen LogP contribution in [0.15, 0.2) is 36.4 Å². The molecule has 0 radical (unpaired) electrons. The van der Waals surface area contributed by atoms with Gasteiger partial charge in [0.1, 0.15) is 11.3 Å². The molecule has 0 atom stereocenters. The lowest BCUT2D eigenvalue weighted by Crippen LogP contribution is -2.14. The van der Waals surface area contributed by atoms with E-state index in [4.69, 9.17) is 0 Å². The molecule has 0 aromatic heterocycles. The standard InChI is InChI=1S/C14H8F3N3O6/c15-14(16,17)10-5-7(1-3-11(10)20(25)26)18-13(22)9-6-8(19(23)24)2-4-12(9)21/h1-6,21H,(H,18,22). The van der Waals surface area contributed by atoms with Gasteiger partial charge in [0.2, 0.25) is 0 Å². The zero-order valence-corrected chi connectivity index (χ0v) is 12.5. The number of nitrogens with one attached hydrogen (secondary N) is 1. The third-order valence-electron chi connectivity index (χ3n) is 3.19. The quantitative estimate of drug-likeness (QED) is 0.624. The predicted octanol–water partition coefficient (Wildman–Crippen LogP) is 3.48. The second kappa shape index (κ2) is 6.66. The van der Waals surface area contributed by atoms with E-state index in [0.29, 0.717) is 12.1 Å². The van der Waals surface area contributed by atoms with Gasteiger partial charge in [-0.1, -0.05) is 0 Å². The molecule has 2 aromatic rings. The third-order valence-corrected chi connectivity index (χ3v) is 3.19. The summed E-state index contributed by atoms with van der Waals surface area (Å²) < 4.78 is 38.8. The van der Waals surface area contributed by atoms with E-state index in [1.165, 1.54) is 0 Å². The number of anilines is 1. The van der Waals surface area contributed by atoms with E-state index in [-0.39, 0.29) is 0 Å². The zero-order chi connectivity index (χ0) is 19.6. The van der Waals surface area contributed by atoms with E-state index in [1.54, 1.807) is 0 Å². The Hall–Kier alpha value is -3.70. The monoisotopic (exact) mass is 371 g/mol. The number of carbonyl (C=O) groups is 1. The van der Waals surface area contributed by atoms with Crippen LogP contribution in [-0.4, -0.2) is 20.9 Å². The number of benzene rings is 2. The molecule has 0 aliphatic carbocycles. The molecule has 26 heavy (non-hydrogen) atoms. The summed E-state index contributed by atoms with van der Waals surface area (Å²) in [7, 11) is 0. The smallest absolute Gasteiger partial charge is 0.423 e. The highest BCUT2D eigenvalue weighted by Crippen LogP contribution is 2.37. The molecule has 0 heterocycles. The fraction of sp³-hybridized carbons (Fsp3) is 0.0714. The van der Waals surface area contributed by atoms with Crippen molar-refractivity contribution in [3.05, 3.63) is 67.8 Å². The Morgan fingerprint density at radius 3 is 2.23 bits per heavy atom. The maximum atomic E-state index is 12.9. The van der Waals surface area contributed by atoms with Gasteiger partial charge < -0.3 is 10.4 Å². The van der Waals surface area contributed by atoms with Crippen LogP contribution >= 0.6 is 0 Å². The number of nitrogens with zero attached hydrogens (tertiary/aromatic N) is 2. The van der Waals surface area contributed by atoms with Crippen molar-refractivity contribution in [1.29, 1.82) is 0 Å². The summed E-state index contributed by atoms with van der Waals surface area (Å²) in [6, 6.07) is 4.32. The Kier molecular flexibility index (Phi) is 4.77. The summed E-state index contributed by atoms with van der Waals surface area (Å²) in [5, 5.41) is 33.0. The summed E-state index contributed by atoms with van der Waals surface area (Å²) in [6.07, 6.45) is -5.04. The lowest BCUT2D eigenvalue weighted by atomic mass is 10.1. The number of aromatic hydroxyl groups is 1. The van der Waals surface area contributed by atoms with E-state index in [0.717, 1.165) is 24.3 Å². The molecule has 2 N–H and O–H groups in total. The number of halogens is 3. The molecule has 0 spiro atoms. The highest BCUT2D eigenvalue weighted by Gasteiger charge is 2.38. The molecule has 12 heteroatoms. The molecule has 0 bridgehead atoms. The van der Waals surface area contributed by atoms with E-state index in [2.05, 4.69) is 0 Å². The summed E-state index contributed by atoms with van der Waals surface area (Å²) in [6.45, 7) is 0. The van der Waals surface area contributed by atoms with Crippen molar-refractivity contribution in [1.82, 2.24) is 0 Å². The van der Waals surface area contributed by atoms with Crippen molar-refractivity contribution < 1.29 is 32.9 Å². The van der Waals surface area contributed by atoms with Crippen molar-refractivity contribution in [3.63, 3.8) is 0 Å². The Morgan fingerprint density at radius 1 is 1.04 bits per heavy atom. The van der Waals surface area contributed by atoms with Gasteiger partial charge in [-0.3, -0.25) is 25.0 Å². The third kappa shape index (κ3) is 3.85. The summed E-state index contributed by atoms with van der Waals surface area (Å²) in [5.41, 5.74) is -4.30. The van der Waals surface area contributed by atoms with Crippen molar-refractivity contribution in [2.24, 2.45) is 0 Å². The van der Waals surface area contributed by atoms with Gasteiger partial charge in [-0.15, -0.1) is 0 Å². The van der Waals surface area contributed by atoms with Crippen LogP contribution in [0.1, 0.15) is 15.9 Å². The predicted molar refractivity (Wildman–Crippen MR) is 80.8 cm³/mol. The highest BCUT2D eigenvalue weighted by atomic mass is 19.4. The Morgan fingerprint density at radius 2 is 1.69 bits per heavy atom. The molecule has 2 rings (SSSR count). The number of carbonyl (C=O) groups excluding carboxylic acids is 1. The fourth-order valence-electron chi connectivity index (χ4n) is 2.02. The van der Waals surface area contributed by atoms with Crippen molar-refractivity contribution in [3.8, 4) is 5.75 Å². The lowest BCUT2D eigenvalue weighted by Gasteiger charge is -2.11. The average Bonchev–Trinajstić information content (AvgIpc) is 2.53. The topological polar surface area (TPSA) is 136 Å². The van der Waals surface area contributed by atoms with Gasteiger partial charge in [-0.2, -0.15) is 13.2 Å². The maximum Gasteiger partial charge on any atom is 0.423 e. The van der Waals surface area contributed by atoms with Crippen molar-refractivity contribution in [2.75, 3.05) is 5.32 Å². The minimum atomic E-state index is -5.04. The van der Waals surface area contributed by atoms with Crippen LogP contribution in [0.25, 0.3) is 0 Å². The van der Waals surface area contributed by atoms with Crippen molar-refractivity contribution in [2.45, 2.75) is 6.18 Å². The first-order valence-corrected chi connectivity index (χ1v) is 6.65. The second-order valence-corrected chi connectivity index (χ2v) is 4.90. The first kappa shape index (κ1) is 18.6. The number of rotatable bonds is 4. The molecule has 0 aliphatic heterocycles. The zero-order valence-electron chi connectivity index (χ0n) is 12.5. The van der Waals surface area contributed by atoms with E-state index < -0.39 is 55.9 Å². The summed E-state index contributed by atoms with van der Waals surface area (Å²) in [5.74, 6) is -1.76. The first-order chi connectivity index (χ1) is 12.0. The lowest BCUT2D eigenvalue weighted by molar-refractivity contribution is -0.388. The number of non-ortho nitro benzene ring substituents is 1. The van der Waals surface area contributed by atoms with Crippen LogP contribution in [-0.2, 0) is 6.18 Å². The van der Waals surface area contributed by atoms with Gasteiger partial charge in [0, 0.05) is 23.9 Å². The van der Waals surface area contributed by atoms with Gasteiger partial charge in [0.15, 0.2) is 0 Å². The highest BCUT2D eigenvalue weighted by molar-refractivity contribution is 6.06. The molecule has 9 nitrogen and oxygen atoms in total. The van der Waals surface area contributed by atoms with Crippen LogP contribution in [0.3, 0.4) is 0 Å². The van der Waals surface area contributed by atoms with Crippen molar-refractivity contribution >= 4 is 23.0 Å². The number of phenols is 1. The average molecular weight is 371 g/mol. The van der Waals surface area contributed by atoms with Crippen LogP contribution < -0.4 is 5.32 Å². The molecule has 0 fully saturated rings. The number of hydrogen-bond acceptors (Lipinski definition) is 6. The van der Waals surface area contributed by atoms with Gasteiger partial charge in [-0.25, -0.2) is 0 Å². The van der Waals surface area contributed by atoms with E-state index in [1.807, 2.05) is 5.32 Å². The van der Waals surface area contributed by atoms with E-state index in [9.17, 15) is 43.3 Å². The van der Waals surface area contributed by atoms with Gasteiger partial charge in [-0.05, 0) is 18.2 Å². The molecular weight excluding hydrogens is 363 g/mol. The van der Waals surface area contributed by atoms with Crippen LogP contribution in [0.4, 0.5) is 30.2 Å². The van der Waals surface area contributed by atoms with Crippen LogP contribution in [0, 0.1) is 20.2 Å². The largest absolute Gasteiger partial charge is 0.507 e. The fourth-order valence-corrected chi connectivity index (χ4v) is 2.02. The number of alkyl halides is 3. The molecule has 0 unspecified atom stereocenters. The molecule has 0 saturated heterocycles. The normalized spacial score (nSPS) is 11.0. The first-order valence-electron chi connectivity index (χ1n) is 6.65. The minimum absolute atomic E-state index is 0.352. The van der Waals surface area contributed by atoms with Crippen LogP contribution in [0.2, 0.25) is 0 Å². The molecule has 1 amide bonds. The van der Waals surface area contributed by atoms with E-state index >= 15 is 0 Å². The molecular formula is C14H8F3N3O6. The minimum Gasteiger partial charge on any atom is -0.507 e. The second-order valence-electron chi connectivity index (χ2n) is 4.90. The Bertz CT molecular complexity index is 913. The molecule has 0 saturated carbocycles. The molecule has 0 aliphatic rings.